The number of para-hydroxylation sites is 2. The molecule has 2 amide bonds. The number of carbonyl (C=O) groups is 2. The highest BCUT2D eigenvalue weighted by Gasteiger charge is 2.29. The van der Waals surface area contributed by atoms with E-state index in [4.69, 9.17) is 0 Å². The van der Waals surface area contributed by atoms with Gasteiger partial charge in [-0.15, -0.1) is 0 Å². The molecule has 0 bridgehead atoms. The minimum absolute atomic E-state index is 0.254. The number of amides is 2. The lowest BCUT2D eigenvalue weighted by molar-refractivity contribution is -0.132. The number of hydrogen-bond donors (Lipinski definition) is 0. The molecule has 3 aromatic rings. The van der Waals surface area contributed by atoms with Crippen LogP contribution in [-0.4, -0.2) is 64.9 Å². The van der Waals surface area contributed by atoms with Crippen molar-refractivity contribution >= 4 is 28.4 Å². The Morgan fingerprint density at radius 3 is 2.03 bits per heavy atom. The van der Waals surface area contributed by atoms with Gasteiger partial charge < -0.3 is 19.3 Å². The summed E-state index contributed by atoms with van der Waals surface area (Å²) in [6.07, 6.45) is 8.22. The highest BCUT2D eigenvalue weighted by Crippen LogP contribution is 2.31. The maximum Gasteiger partial charge on any atom is 0.242 e. The second-order valence-electron chi connectivity index (χ2n) is 11.1. The lowest BCUT2D eigenvalue weighted by Gasteiger charge is -2.31. The van der Waals surface area contributed by atoms with Crippen molar-refractivity contribution in [3.8, 4) is 0 Å². The number of fused-ring (bicyclic) bond motifs is 2. The molecular formula is C32H42N4O2. The predicted molar refractivity (Wildman–Crippen MR) is 154 cm³/mol. The van der Waals surface area contributed by atoms with Crippen LogP contribution in [0, 0.1) is 6.92 Å². The number of nitrogens with zero attached hydrogens (tertiary/aromatic N) is 4. The lowest BCUT2D eigenvalue weighted by Crippen LogP contribution is -2.44. The fourth-order valence-electron chi connectivity index (χ4n) is 6.20. The van der Waals surface area contributed by atoms with E-state index in [-0.39, 0.29) is 5.91 Å². The molecule has 202 valence electrons. The molecule has 0 radical (unpaired) electrons. The number of benzene rings is 2. The van der Waals surface area contributed by atoms with E-state index in [0.717, 1.165) is 69.5 Å². The van der Waals surface area contributed by atoms with Crippen LogP contribution in [0.25, 0.3) is 10.9 Å². The minimum Gasteiger partial charge on any atom is -0.359 e. The summed E-state index contributed by atoms with van der Waals surface area (Å²) in [6, 6.07) is 19.3. The zero-order valence-electron chi connectivity index (χ0n) is 23.1. The van der Waals surface area contributed by atoms with E-state index in [1.165, 1.54) is 29.5 Å². The van der Waals surface area contributed by atoms with Crippen LogP contribution in [0.1, 0.15) is 56.7 Å². The summed E-state index contributed by atoms with van der Waals surface area (Å²) >= 11 is 0. The molecule has 3 aliphatic rings. The molecule has 1 aromatic heterocycles. The third-order valence-electron chi connectivity index (χ3n) is 8.38. The van der Waals surface area contributed by atoms with Crippen LogP contribution in [0.15, 0.2) is 54.6 Å². The molecule has 3 aliphatic heterocycles. The summed E-state index contributed by atoms with van der Waals surface area (Å²) in [7, 11) is 0. The maximum atomic E-state index is 12.4. The summed E-state index contributed by atoms with van der Waals surface area (Å²) in [5.41, 5.74) is 4.94. The van der Waals surface area contributed by atoms with Crippen molar-refractivity contribution in [2.75, 3.05) is 37.6 Å². The molecule has 1 atom stereocenters. The maximum absolute atomic E-state index is 12.4. The first-order valence-corrected chi connectivity index (χ1v) is 14.5. The minimum atomic E-state index is 0.254. The van der Waals surface area contributed by atoms with Crippen molar-refractivity contribution in [2.24, 2.45) is 0 Å². The van der Waals surface area contributed by atoms with Gasteiger partial charge in [0, 0.05) is 49.1 Å². The molecule has 2 aromatic carbocycles. The van der Waals surface area contributed by atoms with Gasteiger partial charge in [-0.25, -0.2) is 0 Å². The standard InChI is InChI=1S/C16H22N2O.C16H20N2O/c2*1-13-11-14-7-3-4-8-15(14)18(13)12-16(19)17-9-5-2-6-10-17/h3-4,7-8,13H,2,5-6,9-12H2,1H3;3-4,7-8,11H,2,5-6,9-10,12H2,1H3. The lowest BCUT2D eigenvalue weighted by atomic mass is 10.1. The molecule has 2 saturated heterocycles. The van der Waals surface area contributed by atoms with Gasteiger partial charge in [0.2, 0.25) is 11.8 Å². The first-order chi connectivity index (χ1) is 18.5. The Morgan fingerprint density at radius 2 is 1.34 bits per heavy atom. The van der Waals surface area contributed by atoms with Crippen molar-refractivity contribution in [1.82, 2.24) is 14.4 Å². The molecule has 6 nitrogen and oxygen atoms in total. The average Bonchev–Trinajstić information content (AvgIpc) is 3.45. The Labute approximate surface area is 227 Å². The van der Waals surface area contributed by atoms with Crippen LogP contribution in [0.4, 0.5) is 5.69 Å². The van der Waals surface area contributed by atoms with Crippen LogP contribution in [-0.2, 0) is 22.6 Å². The van der Waals surface area contributed by atoms with E-state index >= 15 is 0 Å². The molecule has 6 rings (SSSR count). The molecule has 2 fully saturated rings. The number of likely N-dealkylation sites (tertiary alicyclic amines) is 2. The largest absolute Gasteiger partial charge is 0.359 e. The summed E-state index contributed by atoms with van der Waals surface area (Å²) in [4.78, 5) is 31.1. The second kappa shape index (κ2) is 12.1. The third-order valence-corrected chi connectivity index (χ3v) is 8.38. The van der Waals surface area contributed by atoms with Gasteiger partial charge in [-0.3, -0.25) is 9.59 Å². The molecule has 0 aliphatic carbocycles. The predicted octanol–water partition coefficient (Wildman–Crippen LogP) is 5.41. The fraction of sp³-hybridized carbons (Fsp3) is 0.500. The summed E-state index contributed by atoms with van der Waals surface area (Å²) in [5.74, 6) is 0.549. The van der Waals surface area contributed by atoms with Gasteiger partial charge in [-0.1, -0.05) is 36.4 Å². The zero-order valence-corrected chi connectivity index (χ0v) is 23.1. The van der Waals surface area contributed by atoms with Crippen molar-refractivity contribution in [3.05, 3.63) is 65.9 Å². The van der Waals surface area contributed by atoms with Gasteiger partial charge in [0.25, 0.3) is 0 Å². The topological polar surface area (TPSA) is 48.8 Å². The van der Waals surface area contributed by atoms with E-state index in [2.05, 4.69) is 65.8 Å². The Balaban J connectivity index is 0.000000155. The fourth-order valence-corrected chi connectivity index (χ4v) is 6.20. The van der Waals surface area contributed by atoms with Crippen LogP contribution >= 0.6 is 0 Å². The third kappa shape index (κ3) is 5.90. The molecule has 0 spiro atoms. The van der Waals surface area contributed by atoms with E-state index in [0.29, 0.717) is 25.0 Å². The number of anilines is 1. The van der Waals surface area contributed by atoms with Crippen LogP contribution in [0.2, 0.25) is 0 Å². The van der Waals surface area contributed by atoms with Gasteiger partial charge in [0.15, 0.2) is 0 Å². The first kappa shape index (κ1) is 26.3. The summed E-state index contributed by atoms with van der Waals surface area (Å²) in [6.45, 7) is 9.05. The number of rotatable bonds is 4. The zero-order chi connectivity index (χ0) is 26.5. The highest BCUT2D eigenvalue weighted by molar-refractivity contribution is 5.84. The number of aryl methyl sites for hydroxylation is 1. The Kier molecular flexibility index (Phi) is 8.35. The smallest absolute Gasteiger partial charge is 0.242 e. The van der Waals surface area contributed by atoms with Gasteiger partial charge in [-0.2, -0.15) is 0 Å². The normalized spacial score (nSPS) is 19.2. The van der Waals surface area contributed by atoms with Crippen molar-refractivity contribution in [3.63, 3.8) is 0 Å². The Hall–Kier alpha value is -3.28. The van der Waals surface area contributed by atoms with Crippen LogP contribution in [0.5, 0.6) is 0 Å². The Morgan fingerprint density at radius 1 is 0.763 bits per heavy atom. The molecular weight excluding hydrogens is 472 g/mol. The van der Waals surface area contributed by atoms with Crippen LogP contribution < -0.4 is 4.90 Å². The van der Waals surface area contributed by atoms with E-state index in [1.807, 2.05) is 21.9 Å². The molecule has 0 saturated carbocycles. The molecule has 38 heavy (non-hydrogen) atoms. The quantitative estimate of drug-likeness (QED) is 0.468. The van der Waals surface area contributed by atoms with E-state index in [9.17, 15) is 9.59 Å². The van der Waals surface area contributed by atoms with E-state index in [1.54, 1.807) is 0 Å². The summed E-state index contributed by atoms with van der Waals surface area (Å²) in [5, 5.41) is 1.21. The van der Waals surface area contributed by atoms with Crippen LogP contribution in [0.3, 0.4) is 0 Å². The molecule has 1 unspecified atom stereocenters. The molecule has 0 N–H and O–H groups in total. The summed E-state index contributed by atoms with van der Waals surface area (Å²) < 4.78 is 2.13. The average molecular weight is 515 g/mol. The number of aromatic nitrogens is 1. The van der Waals surface area contributed by atoms with Gasteiger partial charge in [0.1, 0.15) is 6.54 Å². The highest BCUT2D eigenvalue weighted by atomic mass is 16.2. The van der Waals surface area contributed by atoms with Gasteiger partial charge in [0.05, 0.1) is 6.54 Å². The van der Waals surface area contributed by atoms with Gasteiger partial charge in [-0.05, 0) is 87.9 Å². The Bertz CT molecular complexity index is 1250. The van der Waals surface area contributed by atoms with Crippen molar-refractivity contribution in [1.29, 1.82) is 0 Å². The number of piperidine rings is 2. The molecule has 6 heteroatoms. The SMILES string of the molecule is CC1Cc2ccccc2N1CC(=O)N1CCCCC1.Cc1cc2ccccc2n1CC(=O)N1CCCCC1. The first-order valence-electron chi connectivity index (χ1n) is 14.5. The second-order valence-corrected chi connectivity index (χ2v) is 11.1. The van der Waals surface area contributed by atoms with E-state index < -0.39 is 0 Å². The number of hydrogen-bond acceptors (Lipinski definition) is 3. The monoisotopic (exact) mass is 514 g/mol. The van der Waals surface area contributed by atoms with Gasteiger partial charge >= 0.3 is 0 Å². The van der Waals surface area contributed by atoms with Crippen molar-refractivity contribution in [2.45, 2.75) is 71.4 Å². The van der Waals surface area contributed by atoms with Crippen molar-refractivity contribution < 1.29 is 9.59 Å². The number of carbonyl (C=O) groups excluding carboxylic acids is 2. The molecule has 4 heterocycles.